The number of hydrogen-bond donors (Lipinski definition) is 4. The lowest BCUT2D eigenvalue weighted by Gasteiger charge is -2.43. The van der Waals surface area contributed by atoms with Crippen molar-refractivity contribution in [1.29, 1.82) is 0 Å². The van der Waals surface area contributed by atoms with Crippen LogP contribution >= 0.6 is 0 Å². The van der Waals surface area contributed by atoms with Crippen molar-refractivity contribution >= 4 is 34.4 Å². The first kappa shape index (κ1) is 33.6. The average molecular weight is 658 g/mol. The Morgan fingerprint density at radius 1 is 1.04 bits per heavy atom. The first-order valence-corrected chi connectivity index (χ1v) is 17.3. The molecular weight excluding hydrogens is 610 g/mol. The molecule has 3 aromatic rings. The molecule has 3 atom stereocenters. The van der Waals surface area contributed by atoms with E-state index in [9.17, 15) is 24.3 Å². The van der Waals surface area contributed by atoms with Crippen molar-refractivity contribution in [3.05, 3.63) is 59.9 Å². The second-order valence-corrected chi connectivity index (χ2v) is 14.6. The molecule has 3 fully saturated rings. The third-order valence-corrected chi connectivity index (χ3v) is 10.5. The van der Waals surface area contributed by atoms with E-state index in [1.54, 1.807) is 29.5 Å². The summed E-state index contributed by atoms with van der Waals surface area (Å²) in [7, 11) is 0. The van der Waals surface area contributed by atoms with Gasteiger partial charge in [-0.05, 0) is 68.4 Å². The molecule has 1 aromatic heterocycles. The Bertz CT molecular complexity index is 1670. The van der Waals surface area contributed by atoms with Crippen molar-refractivity contribution < 1.29 is 24.3 Å². The molecule has 6 rings (SSSR count). The van der Waals surface area contributed by atoms with Gasteiger partial charge in [0.25, 0.3) is 5.91 Å². The second kappa shape index (κ2) is 13.7. The van der Waals surface area contributed by atoms with Crippen LogP contribution in [0.1, 0.15) is 107 Å². The number of carbonyl (C=O) groups is 4. The van der Waals surface area contributed by atoms with Gasteiger partial charge in [-0.15, -0.1) is 5.10 Å². The van der Waals surface area contributed by atoms with Gasteiger partial charge in [0.15, 0.2) is 0 Å². The Balaban J connectivity index is 1.30. The summed E-state index contributed by atoms with van der Waals surface area (Å²) in [5, 5.41) is 27.2. The lowest BCUT2D eigenvalue weighted by molar-refractivity contribution is -0.141. The Kier molecular flexibility index (Phi) is 9.55. The smallest absolute Gasteiger partial charge is 0.251 e. The van der Waals surface area contributed by atoms with Crippen molar-refractivity contribution in [2.75, 3.05) is 6.54 Å². The molecule has 4 amide bonds. The monoisotopic (exact) mass is 657 g/mol. The van der Waals surface area contributed by atoms with Gasteiger partial charge < -0.3 is 26.4 Å². The molecule has 0 spiro atoms. The Hall–Kier alpha value is -4.32. The number of carbonyl (C=O) groups excluding carboxylic acids is 4. The number of likely N-dealkylation sites (tertiary alicyclic amines) is 1. The molecule has 0 radical (unpaired) electrons. The number of aliphatic hydroxyl groups is 1. The van der Waals surface area contributed by atoms with Gasteiger partial charge in [0.05, 0.1) is 17.9 Å². The lowest BCUT2D eigenvalue weighted by Crippen LogP contribution is -2.60. The summed E-state index contributed by atoms with van der Waals surface area (Å²) in [6.07, 6.45) is 9.61. The highest BCUT2D eigenvalue weighted by atomic mass is 16.3. The predicted octanol–water partition coefficient (Wildman–Crippen LogP) is 3.48. The molecule has 1 saturated heterocycles. The summed E-state index contributed by atoms with van der Waals surface area (Å²) in [5.74, 6) is -1.27. The molecule has 12 heteroatoms. The van der Waals surface area contributed by atoms with Crippen molar-refractivity contribution in [1.82, 2.24) is 30.5 Å². The molecule has 2 heterocycles. The zero-order valence-electron chi connectivity index (χ0n) is 27.9. The Morgan fingerprint density at radius 2 is 1.77 bits per heavy atom. The molecule has 3 aliphatic rings. The van der Waals surface area contributed by atoms with Crippen LogP contribution in [0.15, 0.2) is 48.7 Å². The zero-order valence-corrected chi connectivity index (χ0v) is 27.9. The van der Waals surface area contributed by atoms with E-state index in [0.29, 0.717) is 30.5 Å². The fourth-order valence-corrected chi connectivity index (χ4v) is 7.81. The normalized spacial score (nSPS) is 21.8. The van der Waals surface area contributed by atoms with Gasteiger partial charge in [0, 0.05) is 30.5 Å². The summed E-state index contributed by atoms with van der Waals surface area (Å²) in [6.45, 7) is 3.41. The molecule has 2 aliphatic carbocycles. The van der Waals surface area contributed by atoms with E-state index in [1.165, 1.54) is 6.20 Å². The van der Waals surface area contributed by atoms with E-state index in [2.05, 4.69) is 20.9 Å². The van der Waals surface area contributed by atoms with E-state index >= 15 is 0 Å². The van der Waals surface area contributed by atoms with Crippen molar-refractivity contribution in [3.63, 3.8) is 0 Å². The van der Waals surface area contributed by atoms with E-state index in [4.69, 9.17) is 5.73 Å². The number of primary amides is 1. The topological polar surface area (TPSA) is 173 Å². The molecule has 5 N–H and O–H groups in total. The van der Waals surface area contributed by atoms with Gasteiger partial charge in [-0.3, -0.25) is 19.2 Å². The minimum atomic E-state index is -1.26. The lowest BCUT2D eigenvalue weighted by atomic mass is 9.74. The number of rotatable bonds is 11. The molecular formula is C36H47N7O5. The summed E-state index contributed by atoms with van der Waals surface area (Å²) >= 11 is 0. The maximum atomic E-state index is 14.7. The standard InChI is InChI=1S/C36H47N7O5/c1-35(2,48)30-21-38-41-43(30)27-19-29(33(46)40-36(15-8-16-36)20-31(37)44)42(22-27)34(47)28(17-23-9-4-3-5-10-23)39-32(45)26-14-13-24-11-6-7-12-25(24)18-26/h6-7,11-14,18,21,23,27-29,48H,3-5,8-10,15-17,19-20,22H2,1-2H3,(H2,37,44)(H,39,45)(H,40,46)/t27-,28+,29-/m0/s1. The number of nitrogens with zero attached hydrogens (tertiary/aromatic N) is 4. The SMILES string of the molecule is CC(C)(O)c1cnnn1[C@H]1C[C@@H](C(=O)NC2(CC(N)=O)CCC2)N(C(=O)[C@@H](CC2CCCCC2)NC(=O)c2ccc3ccccc3c2)C1. The van der Waals surface area contributed by atoms with E-state index < -0.39 is 35.2 Å². The quantitative estimate of drug-likeness (QED) is 0.244. The third-order valence-electron chi connectivity index (χ3n) is 10.5. The first-order valence-electron chi connectivity index (χ1n) is 17.3. The van der Waals surface area contributed by atoms with Crippen LogP contribution in [0.2, 0.25) is 0 Å². The van der Waals surface area contributed by atoms with Crippen LogP contribution in [0.3, 0.4) is 0 Å². The number of amides is 4. The Morgan fingerprint density at radius 3 is 2.44 bits per heavy atom. The summed E-state index contributed by atoms with van der Waals surface area (Å²) in [4.78, 5) is 56.0. The van der Waals surface area contributed by atoms with Crippen molar-refractivity contribution in [2.24, 2.45) is 11.7 Å². The summed E-state index contributed by atoms with van der Waals surface area (Å²) < 4.78 is 1.60. The molecule has 0 bridgehead atoms. The molecule has 12 nitrogen and oxygen atoms in total. The van der Waals surface area contributed by atoms with Gasteiger partial charge in [0.2, 0.25) is 17.7 Å². The van der Waals surface area contributed by atoms with E-state index in [0.717, 1.165) is 49.3 Å². The molecule has 48 heavy (non-hydrogen) atoms. The van der Waals surface area contributed by atoms with Crippen LogP contribution in [0.5, 0.6) is 0 Å². The van der Waals surface area contributed by atoms with Crippen LogP contribution in [0.25, 0.3) is 10.8 Å². The van der Waals surface area contributed by atoms with Gasteiger partial charge >= 0.3 is 0 Å². The van der Waals surface area contributed by atoms with Crippen LogP contribution in [-0.2, 0) is 20.0 Å². The van der Waals surface area contributed by atoms with Crippen LogP contribution in [0.4, 0.5) is 0 Å². The van der Waals surface area contributed by atoms with E-state index in [1.807, 2.05) is 36.4 Å². The maximum Gasteiger partial charge on any atom is 0.251 e. The van der Waals surface area contributed by atoms with Crippen LogP contribution in [0, 0.1) is 5.92 Å². The van der Waals surface area contributed by atoms with Gasteiger partial charge in [-0.2, -0.15) is 0 Å². The minimum Gasteiger partial charge on any atom is -0.384 e. The number of fused-ring (bicyclic) bond motifs is 1. The molecule has 2 aromatic carbocycles. The van der Waals surface area contributed by atoms with Gasteiger partial charge in [-0.25, -0.2) is 4.68 Å². The number of hydrogen-bond acceptors (Lipinski definition) is 7. The molecule has 0 unspecified atom stereocenters. The van der Waals surface area contributed by atoms with Crippen LogP contribution < -0.4 is 16.4 Å². The number of aromatic nitrogens is 3. The highest BCUT2D eigenvalue weighted by molar-refractivity contribution is 6.01. The average Bonchev–Trinajstić information content (AvgIpc) is 3.71. The molecule has 256 valence electrons. The Labute approximate surface area is 280 Å². The number of nitrogens with one attached hydrogen (secondary N) is 2. The van der Waals surface area contributed by atoms with Crippen LogP contribution in [-0.4, -0.2) is 72.8 Å². The first-order chi connectivity index (χ1) is 22.9. The minimum absolute atomic E-state index is 0.0287. The highest BCUT2D eigenvalue weighted by Crippen LogP contribution is 2.37. The van der Waals surface area contributed by atoms with E-state index in [-0.39, 0.29) is 43.0 Å². The van der Waals surface area contributed by atoms with Gasteiger partial charge in [-0.1, -0.05) is 67.6 Å². The zero-order chi connectivity index (χ0) is 34.1. The fraction of sp³-hybridized carbons (Fsp3) is 0.556. The number of nitrogens with two attached hydrogens (primary N) is 1. The number of benzene rings is 2. The fourth-order valence-electron chi connectivity index (χ4n) is 7.81. The van der Waals surface area contributed by atoms with Crippen molar-refractivity contribution in [3.8, 4) is 0 Å². The third kappa shape index (κ3) is 7.23. The predicted molar refractivity (Wildman–Crippen MR) is 179 cm³/mol. The highest BCUT2D eigenvalue weighted by Gasteiger charge is 2.48. The summed E-state index contributed by atoms with van der Waals surface area (Å²) in [5.41, 5.74) is 4.49. The molecule has 2 saturated carbocycles. The molecule has 1 aliphatic heterocycles. The van der Waals surface area contributed by atoms with Crippen molar-refractivity contribution in [2.45, 2.75) is 114 Å². The summed E-state index contributed by atoms with van der Waals surface area (Å²) in [6, 6.07) is 11.1. The van der Waals surface area contributed by atoms with Gasteiger partial charge in [0.1, 0.15) is 17.7 Å². The maximum absolute atomic E-state index is 14.7. The largest absolute Gasteiger partial charge is 0.384 e. The second-order valence-electron chi connectivity index (χ2n) is 14.6.